The third-order valence-corrected chi connectivity index (χ3v) is 4.78. The minimum atomic E-state index is 0.665. The quantitative estimate of drug-likeness (QED) is 0.711. The lowest BCUT2D eigenvalue weighted by Crippen LogP contribution is -1.97. The van der Waals surface area contributed by atoms with Crippen LogP contribution in [0.4, 0.5) is 0 Å². The second kappa shape index (κ2) is 5.61. The molecule has 22 heavy (non-hydrogen) atoms. The average Bonchev–Trinajstić information content (AvgIpc) is 2.96. The smallest absolute Gasteiger partial charge is 0.234 e. The normalized spacial score (nSPS) is 11.0. The number of hydrogen-bond acceptors (Lipinski definition) is 4. The maximum atomic E-state index is 5.44. The first-order valence-corrected chi connectivity index (χ1v) is 7.58. The second-order valence-electron chi connectivity index (χ2n) is 4.96. The molecule has 0 fully saturated rings. The number of hydrogen-bond donors (Lipinski definition) is 0. The number of rotatable bonds is 3. The number of fused-ring (bicyclic) bond motifs is 1. The molecule has 0 saturated carbocycles. The summed E-state index contributed by atoms with van der Waals surface area (Å²) in [5.74, 6) is 2.17. The van der Waals surface area contributed by atoms with Gasteiger partial charge in [-0.15, -0.1) is 0 Å². The molecule has 0 atom stereocenters. The molecule has 0 N–H and O–H groups in total. The Hall–Kier alpha value is -2.08. The van der Waals surface area contributed by atoms with E-state index < -0.39 is 0 Å². The summed E-state index contributed by atoms with van der Waals surface area (Å²) in [5, 5.41) is 0. The molecule has 1 aromatic carbocycles. The molecule has 0 bridgehead atoms. The van der Waals surface area contributed by atoms with E-state index in [4.69, 9.17) is 9.47 Å². The van der Waals surface area contributed by atoms with E-state index in [0.717, 1.165) is 38.6 Å². The van der Waals surface area contributed by atoms with Crippen molar-refractivity contribution in [3.8, 4) is 22.8 Å². The molecule has 2 aromatic heterocycles. The summed E-state index contributed by atoms with van der Waals surface area (Å²) in [6.07, 6.45) is 1.96. The van der Waals surface area contributed by atoms with Gasteiger partial charge >= 0.3 is 0 Å². The van der Waals surface area contributed by atoms with Crippen LogP contribution in [0.1, 0.15) is 11.4 Å². The summed E-state index contributed by atoms with van der Waals surface area (Å²) in [6.45, 7) is 3.98. The van der Waals surface area contributed by atoms with Gasteiger partial charge in [0.2, 0.25) is 5.78 Å². The number of benzene rings is 1. The van der Waals surface area contributed by atoms with E-state index in [1.165, 1.54) is 0 Å². The van der Waals surface area contributed by atoms with Crippen molar-refractivity contribution >= 4 is 21.7 Å². The Bertz CT molecular complexity index is 858. The van der Waals surface area contributed by atoms with E-state index in [1.807, 2.05) is 42.6 Å². The van der Waals surface area contributed by atoms with Crippen molar-refractivity contribution in [3.63, 3.8) is 0 Å². The Balaban J connectivity index is 2.25. The third kappa shape index (κ3) is 2.33. The van der Waals surface area contributed by atoms with Gasteiger partial charge in [0.15, 0.2) is 0 Å². The van der Waals surface area contributed by atoms with Gasteiger partial charge in [-0.25, -0.2) is 9.97 Å². The van der Waals surface area contributed by atoms with Crippen LogP contribution in [0.15, 0.2) is 28.9 Å². The highest BCUT2D eigenvalue weighted by molar-refractivity contribution is 9.10. The highest BCUT2D eigenvalue weighted by Gasteiger charge is 2.15. The molecule has 3 aromatic rings. The van der Waals surface area contributed by atoms with Gasteiger partial charge in [0.1, 0.15) is 11.5 Å². The molecule has 0 aliphatic heterocycles. The first kappa shape index (κ1) is 14.8. The number of aryl methyl sites for hydroxylation is 2. The average molecular weight is 362 g/mol. The van der Waals surface area contributed by atoms with Crippen molar-refractivity contribution in [2.24, 2.45) is 0 Å². The summed E-state index contributed by atoms with van der Waals surface area (Å²) < 4.78 is 13.7. The van der Waals surface area contributed by atoms with Crippen LogP contribution in [0.2, 0.25) is 0 Å². The fourth-order valence-corrected chi connectivity index (χ4v) is 2.69. The molecule has 114 valence electrons. The van der Waals surface area contributed by atoms with Gasteiger partial charge in [0, 0.05) is 17.5 Å². The summed E-state index contributed by atoms with van der Waals surface area (Å²) >= 11 is 3.56. The summed E-state index contributed by atoms with van der Waals surface area (Å²) in [4.78, 5) is 9.14. The molecule has 0 amide bonds. The molecule has 0 radical (unpaired) electrons. The van der Waals surface area contributed by atoms with Crippen LogP contribution in [0.3, 0.4) is 0 Å². The van der Waals surface area contributed by atoms with Crippen LogP contribution >= 0.6 is 15.9 Å². The van der Waals surface area contributed by atoms with Crippen molar-refractivity contribution in [3.05, 3.63) is 40.3 Å². The van der Waals surface area contributed by atoms with Crippen LogP contribution in [0, 0.1) is 13.8 Å². The lowest BCUT2D eigenvalue weighted by molar-refractivity contribution is 0.404. The first-order chi connectivity index (χ1) is 10.5. The Morgan fingerprint density at radius 1 is 1.09 bits per heavy atom. The highest BCUT2D eigenvalue weighted by Crippen LogP contribution is 2.33. The molecule has 0 unspecified atom stereocenters. The predicted molar refractivity (Wildman–Crippen MR) is 88.7 cm³/mol. The molecule has 2 heterocycles. The zero-order valence-corrected chi connectivity index (χ0v) is 14.4. The Morgan fingerprint density at radius 3 is 2.55 bits per heavy atom. The van der Waals surface area contributed by atoms with Gasteiger partial charge in [-0.3, -0.25) is 4.40 Å². The SMILES string of the molecule is COc1ccc(OC)c(-c2cn3c(C)c(Br)c(C)nc3n2)c1. The maximum Gasteiger partial charge on any atom is 0.234 e. The minimum Gasteiger partial charge on any atom is -0.497 e. The molecule has 6 heteroatoms. The molecule has 0 saturated heterocycles. The number of imidazole rings is 1. The van der Waals surface area contributed by atoms with Crippen LogP contribution in [-0.2, 0) is 0 Å². The number of methoxy groups -OCH3 is 2. The largest absolute Gasteiger partial charge is 0.497 e. The molecule has 0 aliphatic rings. The van der Waals surface area contributed by atoms with Gasteiger partial charge < -0.3 is 9.47 Å². The van der Waals surface area contributed by atoms with Gasteiger partial charge in [0.05, 0.1) is 30.1 Å². The standard InChI is InChI=1S/C16H16BrN3O2/c1-9-15(17)10(2)20-8-13(19-16(20)18-9)12-7-11(21-3)5-6-14(12)22-4/h5-8H,1-4H3. The van der Waals surface area contributed by atoms with E-state index in [1.54, 1.807) is 14.2 Å². The molecule has 0 spiro atoms. The second-order valence-corrected chi connectivity index (χ2v) is 5.75. The van der Waals surface area contributed by atoms with Crippen LogP contribution in [-0.4, -0.2) is 28.6 Å². The lowest BCUT2D eigenvalue weighted by Gasteiger charge is -2.08. The van der Waals surface area contributed by atoms with E-state index in [2.05, 4.69) is 25.9 Å². The van der Waals surface area contributed by atoms with Crippen molar-refractivity contribution in [2.75, 3.05) is 14.2 Å². The van der Waals surface area contributed by atoms with Crippen LogP contribution in [0.5, 0.6) is 11.5 Å². The molecule has 5 nitrogen and oxygen atoms in total. The maximum absolute atomic E-state index is 5.44. The summed E-state index contributed by atoms with van der Waals surface area (Å²) in [5.41, 5.74) is 3.65. The van der Waals surface area contributed by atoms with Gasteiger partial charge in [-0.2, -0.15) is 0 Å². The monoisotopic (exact) mass is 361 g/mol. The Kier molecular flexibility index (Phi) is 3.78. The third-order valence-electron chi connectivity index (χ3n) is 3.63. The molecule has 0 aliphatic carbocycles. The molecular formula is C16H16BrN3O2. The molecule has 3 rings (SSSR count). The van der Waals surface area contributed by atoms with Crippen molar-refractivity contribution in [2.45, 2.75) is 13.8 Å². The highest BCUT2D eigenvalue weighted by atomic mass is 79.9. The minimum absolute atomic E-state index is 0.665. The first-order valence-electron chi connectivity index (χ1n) is 6.79. The van der Waals surface area contributed by atoms with Crippen molar-refractivity contribution < 1.29 is 9.47 Å². The fraction of sp³-hybridized carbons (Fsp3) is 0.250. The van der Waals surface area contributed by atoms with Gasteiger partial charge in [0.25, 0.3) is 0 Å². The van der Waals surface area contributed by atoms with E-state index >= 15 is 0 Å². The van der Waals surface area contributed by atoms with Crippen LogP contribution in [0.25, 0.3) is 17.0 Å². The number of aromatic nitrogens is 3. The number of nitrogens with zero attached hydrogens (tertiary/aromatic N) is 3. The summed E-state index contributed by atoms with van der Waals surface area (Å²) in [6, 6.07) is 5.65. The van der Waals surface area contributed by atoms with Crippen molar-refractivity contribution in [1.82, 2.24) is 14.4 Å². The Morgan fingerprint density at radius 2 is 1.86 bits per heavy atom. The van der Waals surface area contributed by atoms with Crippen molar-refractivity contribution in [1.29, 1.82) is 0 Å². The molecular weight excluding hydrogens is 346 g/mol. The summed E-state index contributed by atoms with van der Waals surface area (Å²) in [7, 11) is 3.28. The fourth-order valence-electron chi connectivity index (χ4n) is 2.41. The van der Waals surface area contributed by atoms with E-state index in [-0.39, 0.29) is 0 Å². The number of ether oxygens (including phenoxy) is 2. The lowest BCUT2D eigenvalue weighted by atomic mass is 10.1. The van der Waals surface area contributed by atoms with Crippen LogP contribution < -0.4 is 9.47 Å². The Labute approximate surface area is 137 Å². The van der Waals surface area contributed by atoms with E-state index in [9.17, 15) is 0 Å². The van der Waals surface area contributed by atoms with Gasteiger partial charge in [-0.1, -0.05) is 0 Å². The zero-order chi connectivity index (χ0) is 15.9. The topological polar surface area (TPSA) is 48.7 Å². The zero-order valence-electron chi connectivity index (χ0n) is 12.8. The predicted octanol–water partition coefficient (Wildman–Crippen LogP) is 3.79. The van der Waals surface area contributed by atoms with E-state index in [0.29, 0.717) is 5.78 Å². The van der Waals surface area contributed by atoms with Gasteiger partial charge in [-0.05, 0) is 48.0 Å². The number of halogens is 1.